The maximum Gasteiger partial charge on any atom is 0.307 e. The van der Waals surface area contributed by atoms with Crippen molar-refractivity contribution in [2.24, 2.45) is 23.7 Å². The van der Waals surface area contributed by atoms with Crippen LogP contribution in [0.1, 0.15) is 39.5 Å². The molecule has 4 atom stereocenters. The zero-order valence-corrected chi connectivity index (χ0v) is 11.3. The van der Waals surface area contributed by atoms with E-state index in [4.69, 9.17) is 0 Å². The Bertz CT molecular complexity index is 342. The van der Waals surface area contributed by atoms with E-state index in [-0.39, 0.29) is 11.8 Å². The summed E-state index contributed by atoms with van der Waals surface area (Å²) in [7, 11) is 0. The monoisotopic (exact) mass is 253 g/mol. The van der Waals surface area contributed by atoms with Crippen LogP contribution in [-0.2, 0) is 9.59 Å². The van der Waals surface area contributed by atoms with E-state index in [1.54, 1.807) is 0 Å². The number of hydrogen-bond donors (Lipinski definition) is 1. The molecule has 2 fully saturated rings. The average Bonchev–Trinajstić information content (AvgIpc) is 2.94. The number of carbonyl (C=O) groups excluding carboxylic acids is 1. The molecule has 1 aliphatic carbocycles. The molecule has 102 valence electrons. The SMILES string of the molecule is CCC1CCN(C(=O)[C@H]2CC(C)C[C@H]2C(=O)O)C1. The van der Waals surface area contributed by atoms with E-state index in [1.807, 2.05) is 11.8 Å². The summed E-state index contributed by atoms with van der Waals surface area (Å²) in [6.07, 6.45) is 3.56. The number of rotatable bonds is 3. The molecule has 0 aromatic rings. The molecule has 18 heavy (non-hydrogen) atoms. The average molecular weight is 253 g/mol. The van der Waals surface area contributed by atoms with Gasteiger partial charge in [-0.3, -0.25) is 9.59 Å². The molecule has 4 heteroatoms. The normalized spacial score (nSPS) is 36.0. The van der Waals surface area contributed by atoms with Gasteiger partial charge in [0.2, 0.25) is 5.91 Å². The summed E-state index contributed by atoms with van der Waals surface area (Å²) in [6, 6.07) is 0. The van der Waals surface area contributed by atoms with Crippen molar-refractivity contribution in [1.82, 2.24) is 4.90 Å². The second-order valence-electron chi connectivity index (χ2n) is 5.98. The molecular formula is C14H23NO3. The molecule has 1 heterocycles. The van der Waals surface area contributed by atoms with Crippen LogP contribution < -0.4 is 0 Å². The van der Waals surface area contributed by atoms with Gasteiger partial charge in [0.15, 0.2) is 0 Å². The summed E-state index contributed by atoms with van der Waals surface area (Å²) >= 11 is 0. The van der Waals surface area contributed by atoms with Gasteiger partial charge in [0.05, 0.1) is 11.8 Å². The molecule has 0 bridgehead atoms. The molecule has 1 saturated carbocycles. The van der Waals surface area contributed by atoms with Crippen molar-refractivity contribution in [1.29, 1.82) is 0 Å². The lowest BCUT2D eigenvalue weighted by Crippen LogP contribution is -2.37. The van der Waals surface area contributed by atoms with Crippen molar-refractivity contribution < 1.29 is 14.7 Å². The summed E-state index contributed by atoms with van der Waals surface area (Å²) < 4.78 is 0. The van der Waals surface area contributed by atoms with Gasteiger partial charge < -0.3 is 10.0 Å². The van der Waals surface area contributed by atoms with E-state index >= 15 is 0 Å². The van der Waals surface area contributed by atoms with Crippen LogP contribution in [0.3, 0.4) is 0 Å². The molecule has 2 rings (SSSR count). The van der Waals surface area contributed by atoms with Gasteiger partial charge >= 0.3 is 5.97 Å². The lowest BCUT2D eigenvalue weighted by atomic mass is 9.95. The van der Waals surface area contributed by atoms with Gasteiger partial charge in [0.25, 0.3) is 0 Å². The Labute approximate surface area is 108 Å². The maximum atomic E-state index is 12.4. The van der Waals surface area contributed by atoms with Crippen molar-refractivity contribution in [3.8, 4) is 0 Å². The minimum absolute atomic E-state index is 0.0858. The highest BCUT2D eigenvalue weighted by atomic mass is 16.4. The summed E-state index contributed by atoms with van der Waals surface area (Å²) in [6.45, 7) is 5.83. The van der Waals surface area contributed by atoms with Crippen LogP contribution in [0.2, 0.25) is 0 Å². The van der Waals surface area contributed by atoms with Crippen LogP contribution in [0.5, 0.6) is 0 Å². The fraction of sp³-hybridized carbons (Fsp3) is 0.857. The van der Waals surface area contributed by atoms with Crippen LogP contribution in [0, 0.1) is 23.7 Å². The zero-order valence-electron chi connectivity index (χ0n) is 11.3. The van der Waals surface area contributed by atoms with Crippen LogP contribution in [0.15, 0.2) is 0 Å². The molecule has 0 spiro atoms. The Morgan fingerprint density at radius 3 is 2.50 bits per heavy atom. The molecule has 0 radical (unpaired) electrons. The molecule has 0 aromatic heterocycles. The Balaban J connectivity index is 2.02. The third-order valence-electron chi connectivity index (χ3n) is 4.61. The van der Waals surface area contributed by atoms with Crippen LogP contribution >= 0.6 is 0 Å². The van der Waals surface area contributed by atoms with Gasteiger partial charge in [-0.25, -0.2) is 0 Å². The third kappa shape index (κ3) is 2.52. The highest BCUT2D eigenvalue weighted by molar-refractivity contribution is 5.85. The van der Waals surface area contributed by atoms with E-state index in [2.05, 4.69) is 6.92 Å². The highest BCUT2D eigenvalue weighted by Crippen LogP contribution is 2.38. The molecule has 1 saturated heterocycles. The predicted octanol–water partition coefficient (Wildman–Crippen LogP) is 1.99. The van der Waals surface area contributed by atoms with E-state index in [1.165, 1.54) is 0 Å². The molecular weight excluding hydrogens is 230 g/mol. The van der Waals surface area contributed by atoms with Crippen molar-refractivity contribution in [3.05, 3.63) is 0 Å². The standard InChI is InChI=1S/C14H23NO3/c1-3-10-4-5-15(8-10)13(16)11-6-9(2)7-12(11)14(17)18/h9-12H,3-8H2,1-2H3,(H,17,18)/t9?,10?,11-,12+/m0/s1. The summed E-state index contributed by atoms with van der Waals surface area (Å²) in [5, 5.41) is 9.22. The minimum Gasteiger partial charge on any atom is -0.481 e. The summed E-state index contributed by atoms with van der Waals surface area (Å²) in [5.41, 5.74) is 0. The number of amides is 1. The Morgan fingerprint density at radius 1 is 1.28 bits per heavy atom. The Morgan fingerprint density at radius 2 is 1.94 bits per heavy atom. The number of likely N-dealkylation sites (tertiary alicyclic amines) is 1. The van der Waals surface area contributed by atoms with Gasteiger partial charge in [-0.2, -0.15) is 0 Å². The fourth-order valence-corrected chi connectivity index (χ4v) is 3.44. The van der Waals surface area contributed by atoms with Gasteiger partial charge in [0, 0.05) is 13.1 Å². The summed E-state index contributed by atoms with van der Waals surface area (Å²) in [4.78, 5) is 25.6. The second-order valence-corrected chi connectivity index (χ2v) is 5.98. The van der Waals surface area contributed by atoms with Crippen LogP contribution in [0.4, 0.5) is 0 Å². The predicted molar refractivity (Wildman–Crippen MR) is 68.0 cm³/mol. The van der Waals surface area contributed by atoms with E-state index in [9.17, 15) is 14.7 Å². The van der Waals surface area contributed by atoms with Gasteiger partial charge in [-0.1, -0.05) is 20.3 Å². The van der Waals surface area contributed by atoms with E-state index in [0.717, 1.165) is 32.4 Å². The first kappa shape index (κ1) is 13.4. The second kappa shape index (κ2) is 5.29. The largest absolute Gasteiger partial charge is 0.481 e. The van der Waals surface area contributed by atoms with Crippen molar-refractivity contribution in [2.45, 2.75) is 39.5 Å². The molecule has 1 aliphatic heterocycles. The maximum absolute atomic E-state index is 12.4. The lowest BCUT2D eigenvalue weighted by Gasteiger charge is -2.23. The Kier molecular flexibility index (Phi) is 3.93. The first-order valence-corrected chi connectivity index (χ1v) is 7.04. The van der Waals surface area contributed by atoms with E-state index in [0.29, 0.717) is 18.3 Å². The number of carboxylic acid groups (broad SMARTS) is 1. The molecule has 1 N–H and O–H groups in total. The van der Waals surface area contributed by atoms with E-state index < -0.39 is 11.9 Å². The number of nitrogens with zero attached hydrogens (tertiary/aromatic N) is 1. The molecule has 1 amide bonds. The smallest absolute Gasteiger partial charge is 0.307 e. The van der Waals surface area contributed by atoms with Crippen molar-refractivity contribution in [2.75, 3.05) is 13.1 Å². The van der Waals surface area contributed by atoms with Crippen LogP contribution in [0.25, 0.3) is 0 Å². The topological polar surface area (TPSA) is 57.6 Å². The van der Waals surface area contributed by atoms with Crippen LogP contribution in [-0.4, -0.2) is 35.0 Å². The number of aliphatic carboxylic acids is 1. The van der Waals surface area contributed by atoms with Gasteiger partial charge in [-0.05, 0) is 31.1 Å². The molecule has 2 unspecified atom stereocenters. The zero-order chi connectivity index (χ0) is 13.3. The quantitative estimate of drug-likeness (QED) is 0.837. The highest BCUT2D eigenvalue weighted by Gasteiger charge is 2.43. The number of hydrogen-bond acceptors (Lipinski definition) is 2. The number of carbonyl (C=O) groups is 2. The number of carboxylic acids is 1. The lowest BCUT2D eigenvalue weighted by molar-refractivity contribution is -0.148. The fourth-order valence-electron chi connectivity index (χ4n) is 3.44. The third-order valence-corrected chi connectivity index (χ3v) is 4.61. The first-order chi connectivity index (χ1) is 8.52. The minimum atomic E-state index is -0.802. The molecule has 4 nitrogen and oxygen atoms in total. The Hall–Kier alpha value is -1.06. The van der Waals surface area contributed by atoms with Gasteiger partial charge in [-0.15, -0.1) is 0 Å². The molecule has 2 aliphatic rings. The molecule has 0 aromatic carbocycles. The first-order valence-electron chi connectivity index (χ1n) is 7.04. The summed E-state index contributed by atoms with van der Waals surface area (Å²) in [5.74, 6) is -0.506. The van der Waals surface area contributed by atoms with Gasteiger partial charge in [0.1, 0.15) is 0 Å². The van der Waals surface area contributed by atoms with Crippen molar-refractivity contribution in [3.63, 3.8) is 0 Å². The van der Waals surface area contributed by atoms with Crippen molar-refractivity contribution >= 4 is 11.9 Å².